The number of hydrogen-bond acceptors (Lipinski definition) is 2. The molecule has 2 N–H and O–H groups in total. The number of fused-ring (bicyclic) bond motifs is 2. The van der Waals surface area contributed by atoms with Crippen LogP contribution in [0.1, 0.15) is 46.9 Å². The summed E-state index contributed by atoms with van der Waals surface area (Å²) in [5, 5.41) is 20.0. The fraction of sp³-hybridized carbons (Fsp3) is 0.261. The Morgan fingerprint density at radius 3 is 1.79 bits per heavy atom. The number of aliphatic hydroxyl groups excluding tert-OH is 2. The summed E-state index contributed by atoms with van der Waals surface area (Å²) in [6.07, 6.45) is 10.1. The van der Waals surface area contributed by atoms with Gasteiger partial charge in [0.05, 0.1) is 6.61 Å². The number of halogens is 2. The van der Waals surface area contributed by atoms with Crippen LogP contribution in [0.25, 0.3) is 12.2 Å². The molecule has 4 rings (SSSR count). The van der Waals surface area contributed by atoms with Gasteiger partial charge < -0.3 is 10.2 Å². The van der Waals surface area contributed by atoms with Gasteiger partial charge in [-0.05, 0) is 22.3 Å². The first kappa shape index (κ1) is 22.0. The Hall–Kier alpha value is -0.697. The monoisotopic (exact) mass is 491 g/mol. The van der Waals surface area contributed by atoms with E-state index in [0.717, 1.165) is 6.42 Å². The van der Waals surface area contributed by atoms with Gasteiger partial charge in [-0.15, -0.1) is 0 Å². The summed E-state index contributed by atoms with van der Waals surface area (Å²) in [6, 6.07) is 16.8. The second kappa shape index (κ2) is 10.4. The van der Waals surface area contributed by atoms with Crippen molar-refractivity contribution in [2.45, 2.75) is 24.7 Å². The fourth-order valence-corrected chi connectivity index (χ4v) is 4.62. The maximum absolute atomic E-state index is 10.6. The van der Waals surface area contributed by atoms with Gasteiger partial charge in [0, 0.05) is 17.3 Å². The van der Waals surface area contributed by atoms with Crippen molar-refractivity contribution in [2.24, 2.45) is 5.41 Å². The Bertz CT molecular complexity index is 789. The molecule has 0 heterocycles. The van der Waals surface area contributed by atoms with Crippen molar-refractivity contribution in [3.8, 4) is 0 Å². The van der Waals surface area contributed by atoms with Crippen LogP contribution in [-0.4, -0.2) is 16.8 Å². The predicted octanol–water partition coefficient (Wildman–Crippen LogP) is 6.28. The molecule has 0 saturated carbocycles. The first-order chi connectivity index (χ1) is 13.7. The molecule has 0 amide bonds. The summed E-state index contributed by atoms with van der Waals surface area (Å²) in [4.78, 5) is 0. The Morgan fingerprint density at radius 2 is 1.36 bits per heavy atom. The van der Waals surface area contributed by atoms with E-state index < -0.39 is 20.8 Å². The third-order valence-electron chi connectivity index (χ3n) is 5.87. The standard InChI is InChI=1S/C23H23O2.2ClH.Zr/c24-15-5-14-23(16-25,21-12-10-17-6-1-3-8-19(17)21)22-13-11-18-7-2-4-9-20(18)22;;;/h1-4,6-13,15,21-22,24-25H,5,14,16H2;2*1H;/q-1;;;+2/p-2. The van der Waals surface area contributed by atoms with Gasteiger partial charge in [-0.25, -0.2) is 6.61 Å². The molecule has 0 bridgehead atoms. The van der Waals surface area contributed by atoms with Crippen molar-refractivity contribution in [3.05, 3.63) is 89.5 Å². The molecule has 2 aliphatic rings. The average molecular weight is 494 g/mol. The van der Waals surface area contributed by atoms with E-state index in [-0.39, 0.29) is 23.9 Å². The quantitative estimate of drug-likeness (QED) is 0.465. The van der Waals surface area contributed by atoms with Gasteiger partial charge in [0.1, 0.15) is 0 Å². The first-order valence-electron chi connectivity index (χ1n) is 9.29. The molecule has 28 heavy (non-hydrogen) atoms. The molecular formula is C23H23Cl2O2Zr-. The molecule has 2 atom stereocenters. The maximum atomic E-state index is 10.6. The van der Waals surface area contributed by atoms with E-state index in [0.29, 0.717) is 6.42 Å². The molecule has 2 aromatic carbocycles. The third kappa shape index (κ3) is 4.25. The van der Waals surface area contributed by atoms with Gasteiger partial charge in [-0.3, -0.25) is 0 Å². The van der Waals surface area contributed by atoms with E-state index in [2.05, 4.69) is 72.8 Å². The molecule has 0 fully saturated rings. The van der Waals surface area contributed by atoms with Crippen LogP contribution in [0.2, 0.25) is 0 Å². The molecule has 0 radical (unpaired) electrons. The molecule has 0 aliphatic heterocycles. The molecule has 0 aromatic heterocycles. The van der Waals surface area contributed by atoms with Crippen molar-refractivity contribution < 1.29 is 31.1 Å². The SMILES string of the molecule is O[CH-]CCC(CO)(C1C=Cc2ccccc21)C1C=Cc2ccccc21.[Cl][Zr][Cl]. The van der Waals surface area contributed by atoms with Crippen molar-refractivity contribution in [3.63, 3.8) is 0 Å². The summed E-state index contributed by atoms with van der Waals surface area (Å²) in [6.45, 7) is 1.30. The van der Waals surface area contributed by atoms with E-state index in [1.807, 2.05) is 0 Å². The molecule has 2 unspecified atom stereocenters. The molecule has 2 aromatic rings. The van der Waals surface area contributed by atoms with Crippen molar-refractivity contribution in [1.29, 1.82) is 0 Å². The number of rotatable bonds is 6. The van der Waals surface area contributed by atoms with Crippen LogP contribution in [-0.2, 0) is 20.8 Å². The van der Waals surface area contributed by atoms with Gasteiger partial charge in [-0.2, -0.15) is 6.42 Å². The molecule has 2 nitrogen and oxygen atoms in total. The fourth-order valence-electron chi connectivity index (χ4n) is 4.62. The zero-order chi connectivity index (χ0) is 20.0. The van der Waals surface area contributed by atoms with Crippen molar-refractivity contribution in [2.75, 3.05) is 6.61 Å². The zero-order valence-electron chi connectivity index (χ0n) is 15.4. The summed E-state index contributed by atoms with van der Waals surface area (Å²) >= 11 is -0.826. The second-order valence-corrected chi connectivity index (χ2v) is 10.8. The van der Waals surface area contributed by atoms with Gasteiger partial charge in [-0.1, -0.05) is 79.3 Å². The topological polar surface area (TPSA) is 40.5 Å². The number of hydrogen-bond donors (Lipinski definition) is 2. The van der Waals surface area contributed by atoms with E-state index in [1.165, 1.54) is 28.9 Å². The minimum atomic E-state index is -0.826. The van der Waals surface area contributed by atoms with Gasteiger partial charge >= 0.3 is 37.9 Å². The Balaban J connectivity index is 0.000000706. The van der Waals surface area contributed by atoms with E-state index in [1.54, 1.807) is 0 Å². The zero-order valence-corrected chi connectivity index (χ0v) is 19.4. The number of benzene rings is 2. The summed E-state index contributed by atoms with van der Waals surface area (Å²) < 4.78 is 0. The Kier molecular flexibility index (Phi) is 8.15. The van der Waals surface area contributed by atoms with Crippen LogP contribution in [0.4, 0.5) is 0 Å². The minimum absolute atomic E-state index is 0.0769. The first-order valence-corrected chi connectivity index (χ1v) is 15.6. The van der Waals surface area contributed by atoms with Crippen LogP contribution < -0.4 is 0 Å². The van der Waals surface area contributed by atoms with E-state index in [4.69, 9.17) is 17.0 Å². The summed E-state index contributed by atoms with van der Waals surface area (Å²) in [5.74, 6) is 0.268. The molecular weight excluding hydrogens is 470 g/mol. The molecule has 146 valence electrons. The van der Waals surface area contributed by atoms with E-state index in [9.17, 15) is 10.2 Å². The normalized spacial score (nSPS) is 20.7. The molecule has 0 saturated heterocycles. The number of aliphatic hydroxyl groups is 2. The van der Waals surface area contributed by atoms with Gasteiger partial charge in [0.2, 0.25) is 0 Å². The van der Waals surface area contributed by atoms with Gasteiger partial charge in [0.15, 0.2) is 0 Å². The molecule has 5 heteroatoms. The Morgan fingerprint density at radius 1 is 0.893 bits per heavy atom. The van der Waals surface area contributed by atoms with Crippen molar-refractivity contribution >= 4 is 29.2 Å². The van der Waals surface area contributed by atoms with E-state index >= 15 is 0 Å². The predicted molar refractivity (Wildman–Crippen MR) is 113 cm³/mol. The third-order valence-corrected chi connectivity index (χ3v) is 5.87. The second-order valence-electron chi connectivity index (χ2n) is 7.12. The van der Waals surface area contributed by atoms with Crippen molar-refractivity contribution in [1.82, 2.24) is 0 Å². The summed E-state index contributed by atoms with van der Waals surface area (Å²) in [7, 11) is 9.87. The van der Waals surface area contributed by atoms with Crippen LogP contribution in [0, 0.1) is 12.0 Å². The summed E-state index contributed by atoms with van der Waals surface area (Å²) in [5.41, 5.74) is 4.63. The molecule has 0 spiro atoms. The average Bonchev–Trinajstić information content (AvgIpc) is 3.35. The number of allylic oxidation sites excluding steroid dienone is 2. The van der Waals surface area contributed by atoms with Crippen LogP contribution in [0.5, 0.6) is 0 Å². The molecule has 2 aliphatic carbocycles. The van der Waals surface area contributed by atoms with Crippen LogP contribution >= 0.6 is 17.0 Å². The van der Waals surface area contributed by atoms with Gasteiger partial charge in [0.25, 0.3) is 0 Å². The Labute approximate surface area is 185 Å². The van der Waals surface area contributed by atoms with Crippen LogP contribution in [0.15, 0.2) is 60.7 Å². The van der Waals surface area contributed by atoms with Crippen LogP contribution in [0.3, 0.4) is 0 Å².